The van der Waals surface area contributed by atoms with Gasteiger partial charge in [-0.2, -0.15) is 0 Å². The highest BCUT2D eigenvalue weighted by molar-refractivity contribution is 6.20. The Morgan fingerprint density at radius 2 is 1.62 bits per heavy atom. The molecule has 5 aliphatic carbocycles. The van der Waals surface area contributed by atoms with E-state index in [1.165, 1.54) is 65.7 Å². The highest BCUT2D eigenvalue weighted by Crippen LogP contribution is 2.55. The number of hydrogen-bond donors (Lipinski definition) is 2. The Labute approximate surface area is 213 Å². The van der Waals surface area contributed by atoms with Crippen molar-refractivity contribution in [2.75, 3.05) is 0 Å². The van der Waals surface area contributed by atoms with Crippen LogP contribution in [0, 0.1) is 11.8 Å². The lowest BCUT2D eigenvalue weighted by Crippen LogP contribution is -2.41. The molecule has 1 fully saturated rings. The Morgan fingerprint density at radius 3 is 2.54 bits per heavy atom. The Kier molecular flexibility index (Phi) is 3.47. The van der Waals surface area contributed by atoms with E-state index in [-0.39, 0.29) is 23.4 Å². The Hall–Kier alpha value is -4.37. The molecule has 37 heavy (non-hydrogen) atoms. The minimum absolute atomic E-state index is 0.0715. The highest BCUT2D eigenvalue weighted by atomic mass is 16.3. The lowest BCUT2D eigenvalue weighted by atomic mass is 9.58. The van der Waals surface area contributed by atoms with E-state index in [9.17, 15) is 15.0 Å². The zero-order valence-electron chi connectivity index (χ0n) is 20.0. The summed E-state index contributed by atoms with van der Waals surface area (Å²) in [5, 5.41) is 26.9. The quantitative estimate of drug-likeness (QED) is 0.264. The summed E-state index contributed by atoms with van der Waals surface area (Å²) >= 11 is 0. The number of carbonyl (C=O) groups is 1. The number of aliphatic hydroxyl groups is 2. The molecule has 0 aliphatic heterocycles. The van der Waals surface area contributed by atoms with Gasteiger partial charge in [0, 0.05) is 11.8 Å². The van der Waals surface area contributed by atoms with Crippen LogP contribution in [0.4, 0.5) is 0 Å². The van der Waals surface area contributed by atoms with E-state index in [1.807, 2.05) is 0 Å². The number of rotatable bonds is 0. The van der Waals surface area contributed by atoms with Gasteiger partial charge in [-0.3, -0.25) is 4.79 Å². The molecule has 0 saturated heterocycles. The molecule has 3 atom stereocenters. The van der Waals surface area contributed by atoms with E-state index in [2.05, 4.69) is 72.8 Å². The van der Waals surface area contributed by atoms with Crippen LogP contribution in [-0.4, -0.2) is 16.0 Å². The maximum atomic E-state index is 13.2. The lowest BCUT2D eigenvalue weighted by Gasteiger charge is -2.44. The van der Waals surface area contributed by atoms with Gasteiger partial charge in [0.25, 0.3) is 0 Å². The van der Waals surface area contributed by atoms with E-state index in [0.717, 1.165) is 12.0 Å². The predicted molar refractivity (Wildman–Crippen MR) is 146 cm³/mol. The number of hydrogen-bond acceptors (Lipinski definition) is 3. The normalized spacial score (nSPS) is 24.3. The van der Waals surface area contributed by atoms with Gasteiger partial charge >= 0.3 is 0 Å². The minimum atomic E-state index is -0.505. The molecule has 2 N–H and O–H groups in total. The van der Waals surface area contributed by atoms with Crippen LogP contribution in [0.2, 0.25) is 0 Å². The SMILES string of the molecule is O=C1C(O)=C(O)C=C2CC3=CC=c4c5c(c6ccc7c8c(ccc4c68)Cc4ccccc4-7)C=CC(C12)C35. The summed E-state index contributed by atoms with van der Waals surface area (Å²) < 4.78 is 0. The standard InChI is InChI=1S/C34H22O3/c35-27-15-19-14-18-6-8-23-22-7-5-17-13-16-3-1-2-4-20(16)21-9-10-24(31(22)28(17)21)25-11-12-26(29(18)32(23)25)30(19)34(37)33(27)36/h1-12,15,26,29-30,35-36H,13-14H2. The number of carbonyl (C=O) groups excluding carboxylic acids is 1. The summed E-state index contributed by atoms with van der Waals surface area (Å²) in [4.78, 5) is 13.2. The minimum Gasteiger partial charge on any atom is -0.504 e. The van der Waals surface area contributed by atoms with Gasteiger partial charge in [0.1, 0.15) is 0 Å². The van der Waals surface area contributed by atoms with Crippen molar-refractivity contribution in [2.24, 2.45) is 11.8 Å². The monoisotopic (exact) mass is 478 g/mol. The second kappa shape index (κ2) is 6.49. The van der Waals surface area contributed by atoms with Gasteiger partial charge in [-0.1, -0.05) is 84.0 Å². The third kappa shape index (κ3) is 2.27. The first-order valence-corrected chi connectivity index (χ1v) is 13.0. The molecule has 0 spiro atoms. The van der Waals surface area contributed by atoms with Gasteiger partial charge in [0.2, 0.25) is 11.5 Å². The topological polar surface area (TPSA) is 57.5 Å². The maximum absolute atomic E-state index is 13.2. The second-order valence-electron chi connectivity index (χ2n) is 11.1. The van der Waals surface area contributed by atoms with Crippen molar-refractivity contribution in [2.45, 2.75) is 18.8 Å². The van der Waals surface area contributed by atoms with Crippen LogP contribution in [0.15, 0.2) is 89.4 Å². The molecule has 4 aromatic rings. The number of aliphatic hydroxyl groups excluding tert-OH is 2. The van der Waals surface area contributed by atoms with E-state index < -0.39 is 11.7 Å². The molecule has 0 amide bonds. The first-order valence-electron chi connectivity index (χ1n) is 13.0. The fourth-order valence-corrected chi connectivity index (χ4v) is 7.96. The van der Waals surface area contributed by atoms with Crippen molar-refractivity contribution >= 4 is 39.5 Å². The van der Waals surface area contributed by atoms with E-state index in [4.69, 9.17) is 0 Å². The zero-order chi connectivity index (χ0) is 24.6. The zero-order valence-corrected chi connectivity index (χ0v) is 20.0. The summed E-state index contributed by atoms with van der Waals surface area (Å²) in [6.45, 7) is 0. The summed E-state index contributed by atoms with van der Waals surface area (Å²) in [7, 11) is 0. The third-order valence-electron chi connectivity index (χ3n) is 9.41. The van der Waals surface area contributed by atoms with Crippen LogP contribution < -0.4 is 5.22 Å². The van der Waals surface area contributed by atoms with Crippen LogP contribution in [0.5, 0.6) is 0 Å². The van der Waals surface area contributed by atoms with Crippen molar-refractivity contribution in [3.05, 3.63) is 117 Å². The average molecular weight is 479 g/mol. The van der Waals surface area contributed by atoms with Gasteiger partial charge in [-0.25, -0.2) is 0 Å². The first-order chi connectivity index (χ1) is 18.1. The van der Waals surface area contributed by atoms with Crippen molar-refractivity contribution in [3.8, 4) is 11.1 Å². The molecule has 4 aromatic carbocycles. The van der Waals surface area contributed by atoms with Crippen LogP contribution in [0.1, 0.15) is 34.6 Å². The van der Waals surface area contributed by atoms with Crippen LogP contribution in [-0.2, 0) is 11.2 Å². The van der Waals surface area contributed by atoms with Crippen molar-refractivity contribution in [1.82, 2.24) is 0 Å². The van der Waals surface area contributed by atoms with Crippen LogP contribution in [0.25, 0.3) is 44.8 Å². The Bertz CT molecular complexity index is 1980. The molecule has 5 aliphatic rings. The van der Waals surface area contributed by atoms with Crippen molar-refractivity contribution in [3.63, 3.8) is 0 Å². The lowest BCUT2D eigenvalue weighted by molar-refractivity contribution is -0.122. The number of ketones is 1. The Balaban J connectivity index is 1.37. The van der Waals surface area contributed by atoms with E-state index in [1.54, 1.807) is 6.08 Å². The molecule has 176 valence electrons. The first kappa shape index (κ1) is 19.8. The Morgan fingerprint density at radius 1 is 0.757 bits per heavy atom. The van der Waals surface area contributed by atoms with Crippen molar-refractivity contribution < 1.29 is 15.0 Å². The third-order valence-corrected chi connectivity index (χ3v) is 9.41. The molecular weight excluding hydrogens is 456 g/mol. The summed E-state index contributed by atoms with van der Waals surface area (Å²) in [5.74, 6) is -1.59. The molecule has 0 bridgehead atoms. The molecule has 3 heteroatoms. The number of Topliss-reactive ketones (excluding diaryl/α,β-unsaturated/α-hetero) is 1. The van der Waals surface area contributed by atoms with Gasteiger partial charge in [0.15, 0.2) is 5.76 Å². The van der Waals surface area contributed by atoms with Gasteiger partial charge in [-0.15, -0.1) is 0 Å². The van der Waals surface area contributed by atoms with Gasteiger partial charge < -0.3 is 10.2 Å². The largest absolute Gasteiger partial charge is 0.504 e. The molecular formula is C34H22O3. The van der Waals surface area contributed by atoms with Gasteiger partial charge in [0.05, 0.1) is 5.92 Å². The molecule has 0 heterocycles. The maximum Gasteiger partial charge on any atom is 0.208 e. The smallest absolute Gasteiger partial charge is 0.208 e. The van der Waals surface area contributed by atoms with E-state index in [0.29, 0.717) is 6.42 Å². The summed E-state index contributed by atoms with van der Waals surface area (Å²) in [5.41, 5.74) is 10.1. The fraction of sp³-hybridized carbons (Fsp3) is 0.147. The second-order valence-corrected chi connectivity index (χ2v) is 11.1. The molecule has 0 aromatic heterocycles. The number of fused-ring (bicyclic) bond motifs is 6. The summed E-state index contributed by atoms with van der Waals surface area (Å²) in [6, 6.07) is 17.9. The molecule has 9 rings (SSSR count). The fourth-order valence-electron chi connectivity index (χ4n) is 7.96. The predicted octanol–water partition coefficient (Wildman–Crippen LogP) is 6.59. The average Bonchev–Trinajstić information content (AvgIpc) is 2.92. The van der Waals surface area contributed by atoms with Gasteiger partial charge in [-0.05, 0) is 79.1 Å². The van der Waals surface area contributed by atoms with E-state index >= 15 is 0 Å². The molecule has 3 nitrogen and oxygen atoms in total. The van der Waals surface area contributed by atoms with Crippen LogP contribution >= 0.6 is 0 Å². The van der Waals surface area contributed by atoms with Crippen molar-refractivity contribution in [1.29, 1.82) is 0 Å². The molecule has 1 saturated carbocycles. The molecule has 0 radical (unpaired) electrons. The summed E-state index contributed by atoms with van der Waals surface area (Å²) in [6.07, 6.45) is 12.1. The number of allylic oxidation sites excluding steroid dienone is 6. The number of benzene rings is 4. The molecule has 3 unspecified atom stereocenters. The van der Waals surface area contributed by atoms with Crippen LogP contribution in [0.3, 0.4) is 0 Å². The highest BCUT2D eigenvalue weighted by Gasteiger charge is 2.47.